The van der Waals surface area contributed by atoms with E-state index in [0.29, 0.717) is 17.9 Å². The fraction of sp³-hybridized carbons (Fsp3) is 0.571. The third-order valence-corrected chi connectivity index (χ3v) is 3.77. The van der Waals surface area contributed by atoms with Gasteiger partial charge in [0, 0.05) is 5.02 Å². The summed E-state index contributed by atoms with van der Waals surface area (Å²) in [6.45, 7) is 1.79. The number of benzene rings is 1. The van der Waals surface area contributed by atoms with Crippen LogP contribution < -0.4 is 10.1 Å². The summed E-state index contributed by atoms with van der Waals surface area (Å²) in [7, 11) is 1.26. The van der Waals surface area contributed by atoms with E-state index in [4.69, 9.17) is 16.3 Å². The maximum absolute atomic E-state index is 13.0. The summed E-state index contributed by atoms with van der Waals surface area (Å²) >= 11 is 5.83. The fourth-order valence-electron chi connectivity index (χ4n) is 2.66. The molecule has 6 heteroatoms. The van der Waals surface area contributed by atoms with Gasteiger partial charge in [-0.05, 0) is 56.0 Å². The van der Waals surface area contributed by atoms with Crippen molar-refractivity contribution in [3.8, 4) is 5.75 Å². The Morgan fingerprint density at radius 2 is 2.15 bits per heavy atom. The molecule has 1 atom stereocenters. The number of methoxy groups -OCH3 is 1. The van der Waals surface area contributed by atoms with Crippen LogP contribution in [0, 0.1) is 5.92 Å². The van der Waals surface area contributed by atoms with Crippen molar-refractivity contribution in [1.82, 2.24) is 5.32 Å². The summed E-state index contributed by atoms with van der Waals surface area (Å²) < 4.78 is 44.1. The zero-order chi connectivity index (χ0) is 14.8. The summed E-state index contributed by atoms with van der Waals surface area (Å²) in [4.78, 5) is 0. The summed E-state index contributed by atoms with van der Waals surface area (Å²) in [6, 6.07) is 2.49. The van der Waals surface area contributed by atoms with Crippen LogP contribution in [0.3, 0.4) is 0 Å². The molecular formula is C14H17ClF3NO. The van der Waals surface area contributed by atoms with Crippen molar-refractivity contribution in [2.24, 2.45) is 5.92 Å². The van der Waals surface area contributed by atoms with E-state index in [-0.39, 0.29) is 10.8 Å². The topological polar surface area (TPSA) is 21.3 Å². The molecule has 112 valence electrons. The molecule has 0 aliphatic carbocycles. The van der Waals surface area contributed by atoms with Crippen molar-refractivity contribution < 1.29 is 17.9 Å². The van der Waals surface area contributed by atoms with Gasteiger partial charge in [-0.3, -0.25) is 0 Å². The molecule has 0 bridgehead atoms. The lowest BCUT2D eigenvalue weighted by Gasteiger charge is -2.24. The van der Waals surface area contributed by atoms with Gasteiger partial charge in [0.2, 0.25) is 0 Å². The van der Waals surface area contributed by atoms with Gasteiger partial charge in [0.05, 0.1) is 12.7 Å². The van der Waals surface area contributed by atoms with Crippen LogP contribution in [0.15, 0.2) is 12.1 Å². The Kier molecular flexibility index (Phi) is 4.81. The zero-order valence-corrected chi connectivity index (χ0v) is 11.9. The van der Waals surface area contributed by atoms with Gasteiger partial charge in [0.15, 0.2) is 0 Å². The van der Waals surface area contributed by atoms with Gasteiger partial charge >= 0.3 is 6.18 Å². The lowest BCUT2D eigenvalue weighted by molar-refractivity contribution is -0.138. The number of alkyl halides is 3. The number of rotatable bonds is 3. The zero-order valence-electron chi connectivity index (χ0n) is 11.2. The van der Waals surface area contributed by atoms with Crippen LogP contribution in [-0.2, 0) is 12.6 Å². The van der Waals surface area contributed by atoms with Crippen LogP contribution >= 0.6 is 11.6 Å². The van der Waals surface area contributed by atoms with Gasteiger partial charge in [0.1, 0.15) is 5.75 Å². The molecule has 0 radical (unpaired) electrons. The first kappa shape index (κ1) is 15.4. The Bertz CT molecular complexity index is 470. The number of halogens is 4. The Balaban J connectivity index is 2.33. The Labute approximate surface area is 121 Å². The summed E-state index contributed by atoms with van der Waals surface area (Å²) in [5.74, 6) is 0.213. The number of ether oxygens (including phenoxy) is 1. The quantitative estimate of drug-likeness (QED) is 0.914. The second-order valence-corrected chi connectivity index (χ2v) is 5.50. The molecule has 2 nitrogen and oxygen atoms in total. The minimum Gasteiger partial charge on any atom is -0.496 e. The van der Waals surface area contributed by atoms with Crippen LogP contribution in [-0.4, -0.2) is 20.2 Å². The van der Waals surface area contributed by atoms with Crippen molar-refractivity contribution in [1.29, 1.82) is 0 Å². The molecule has 20 heavy (non-hydrogen) atoms. The van der Waals surface area contributed by atoms with E-state index in [9.17, 15) is 13.2 Å². The average Bonchev–Trinajstić information content (AvgIpc) is 2.38. The molecule has 1 aromatic rings. The molecule has 1 saturated heterocycles. The Morgan fingerprint density at radius 1 is 1.40 bits per heavy atom. The molecule has 0 aromatic heterocycles. The molecule has 0 saturated carbocycles. The van der Waals surface area contributed by atoms with E-state index < -0.39 is 11.7 Å². The van der Waals surface area contributed by atoms with Crippen molar-refractivity contribution in [2.75, 3.05) is 20.2 Å². The van der Waals surface area contributed by atoms with E-state index in [1.165, 1.54) is 7.11 Å². The average molecular weight is 308 g/mol. The van der Waals surface area contributed by atoms with E-state index in [2.05, 4.69) is 5.32 Å². The first-order valence-electron chi connectivity index (χ1n) is 6.56. The van der Waals surface area contributed by atoms with Gasteiger partial charge in [0.25, 0.3) is 0 Å². The van der Waals surface area contributed by atoms with Crippen molar-refractivity contribution >= 4 is 11.6 Å². The normalized spacial score (nSPS) is 19.9. The number of hydrogen-bond donors (Lipinski definition) is 1. The van der Waals surface area contributed by atoms with Gasteiger partial charge < -0.3 is 10.1 Å². The smallest absolute Gasteiger partial charge is 0.420 e. The molecule has 2 rings (SSSR count). The molecular weight excluding hydrogens is 291 g/mol. The van der Waals surface area contributed by atoms with E-state index >= 15 is 0 Å². The van der Waals surface area contributed by atoms with Gasteiger partial charge in [-0.15, -0.1) is 0 Å². The highest BCUT2D eigenvalue weighted by molar-refractivity contribution is 6.30. The molecule has 1 N–H and O–H groups in total. The SMILES string of the molecule is COc1c(CC2CCCNC2)cc(Cl)cc1C(F)(F)F. The van der Waals surface area contributed by atoms with Crippen LogP contribution in [0.1, 0.15) is 24.0 Å². The minimum atomic E-state index is -4.46. The Morgan fingerprint density at radius 3 is 2.70 bits per heavy atom. The minimum absolute atomic E-state index is 0.0943. The molecule has 1 heterocycles. The fourth-order valence-corrected chi connectivity index (χ4v) is 2.90. The Hall–Kier alpha value is -0.940. The van der Waals surface area contributed by atoms with Crippen LogP contribution in [0.4, 0.5) is 13.2 Å². The van der Waals surface area contributed by atoms with E-state index in [1.54, 1.807) is 6.07 Å². The van der Waals surface area contributed by atoms with Crippen molar-refractivity contribution in [2.45, 2.75) is 25.4 Å². The highest BCUT2D eigenvalue weighted by Crippen LogP contribution is 2.41. The lowest BCUT2D eigenvalue weighted by Crippen LogP contribution is -2.31. The monoisotopic (exact) mass is 307 g/mol. The first-order valence-corrected chi connectivity index (χ1v) is 6.94. The van der Waals surface area contributed by atoms with Crippen LogP contribution in [0.2, 0.25) is 5.02 Å². The molecule has 1 aromatic carbocycles. The molecule has 1 fully saturated rings. The third kappa shape index (κ3) is 3.58. The summed E-state index contributed by atoms with van der Waals surface area (Å²) in [5, 5.41) is 3.35. The van der Waals surface area contributed by atoms with Gasteiger partial charge in [-0.2, -0.15) is 13.2 Å². The van der Waals surface area contributed by atoms with Crippen molar-refractivity contribution in [3.63, 3.8) is 0 Å². The lowest BCUT2D eigenvalue weighted by atomic mass is 9.91. The second kappa shape index (κ2) is 6.22. The molecule has 1 aliphatic rings. The van der Waals surface area contributed by atoms with Gasteiger partial charge in [-0.1, -0.05) is 11.6 Å². The second-order valence-electron chi connectivity index (χ2n) is 5.06. The number of piperidine rings is 1. The predicted octanol–water partition coefficient (Wildman–Crippen LogP) is 3.91. The molecule has 1 aliphatic heterocycles. The van der Waals surface area contributed by atoms with Crippen LogP contribution in [0.5, 0.6) is 5.75 Å². The third-order valence-electron chi connectivity index (χ3n) is 3.55. The highest BCUT2D eigenvalue weighted by atomic mass is 35.5. The summed E-state index contributed by atoms with van der Waals surface area (Å²) in [5.41, 5.74) is -0.271. The number of nitrogens with one attached hydrogen (secondary N) is 1. The molecule has 0 spiro atoms. The highest BCUT2D eigenvalue weighted by Gasteiger charge is 2.36. The largest absolute Gasteiger partial charge is 0.496 e. The summed E-state index contributed by atoms with van der Waals surface area (Å²) in [6.07, 6.45) is -1.88. The predicted molar refractivity (Wildman–Crippen MR) is 72.3 cm³/mol. The van der Waals surface area contributed by atoms with Crippen LogP contribution in [0.25, 0.3) is 0 Å². The molecule has 1 unspecified atom stereocenters. The maximum Gasteiger partial charge on any atom is 0.420 e. The van der Waals surface area contributed by atoms with E-state index in [1.807, 2.05) is 0 Å². The molecule has 0 amide bonds. The van der Waals surface area contributed by atoms with Crippen molar-refractivity contribution in [3.05, 3.63) is 28.3 Å². The van der Waals surface area contributed by atoms with Gasteiger partial charge in [-0.25, -0.2) is 0 Å². The van der Waals surface area contributed by atoms with E-state index in [0.717, 1.165) is 32.0 Å². The maximum atomic E-state index is 13.0. The standard InChI is InChI=1S/C14H17ClF3NO/c1-20-13-10(5-9-3-2-4-19-8-9)6-11(15)7-12(13)14(16,17)18/h6-7,9,19H,2-5,8H2,1H3. The number of hydrogen-bond acceptors (Lipinski definition) is 2. The first-order chi connectivity index (χ1) is 9.41.